The number of benzene rings is 2. The van der Waals surface area contributed by atoms with Crippen LogP contribution in [-0.4, -0.2) is 36.4 Å². The minimum atomic E-state index is -0.567. The molecule has 26 heavy (non-hydrogen) atoms. The van der Waals surface area contributed by atoms with E-state index >= 15 is 0 Å². The molecule has 0 aromatic heterocycles. The third-order valence-corrected chi connectivity index (χ3v) is 4.26. The molecule has 0 spiro atoms. The van der Waals surface area contributed by atoms with Gasteiger partial charge in [0.15, 0.2) is 6.61 Å². The zero-order valence-electron chi connectivity index (χ0n) is 14.9. The van der Waals surface area contributed by atoms with Gasteiger partial charge in [-0.05, 0) is 36.2 Å². The number of hydrogen-bond donors (Lipinski definition) is 1. The van der Waals surface area contributed by atoms with Crippen molar-refractivity contribution in [3.05, 3.63) is 65.2 Å². The maximum atomic E-state index is 12.8. The van der Waals surface area contributed by atoms with Crippen molar-refractivity contribution in [3.63, 3.8) is 0 Å². The maximum Gasteiger partial charge on any atom is 0.261 e. The van der Waals surface area contributed by atoms with Crippen LogP contribution in [0.3, 0.4) is 0 Å². The van der Waals surface area contributed by atoms with Gasteiger partial charge < -0.3 is 15.0 Å². The van der Waals surface area contributed by atoms with Gasteiger partial charge in [-0.25, -0.2) is 0 Å². The number of carbonyl (C=O) groups is 2. The van der Waals surface area contributed by atoms with Crippen LogP contribution in [0.1, 0.15) is 18.9 Å². The van der Waals surface area contributed by atoms with Gasteiger partial charge >= 0.3 is 0 Å². The van der Waals surface area contributed by atoms with Gasteiger partial charge in [0, 0.05) is 18.6 Å². The second-order valence-electron chi connectivity index (χ2n) is 5.79. The van der Waals surface area contributed by atoms with Crippen molar-refractivity contribution < 1.29 is 14.3 Å². The fourth-order valence-corrected chi connectivity index (χ4v) is 2.74. The predicted molar refractivity (Wildman–Crippen MR) is 102 cm³/mol. The Hall–Kier alpha value is -2.53. The molecule has 0 aliphatic rings. The predicted octanol–water partition coefficient (Wildman–Crippen LogP) is 3.27. The van der Waals surface area contributed by atoms with Gasteiger partial charge in [-0.2, -0.15) is 0 Å². The Morgan fingerprint density at radius 2 is 1.77 bits per heavy atom. The molecule has 0 saturated carbocycles. The Bertz CT molecular complexity index is 720. The number of para-hydroxylation sites is 1. The van der Waals surface area contributed by atoms with Gasteiger partial charge in [0.05, 0.1) is 0 Å². The molecule has 6 heteroatoms. The summed E-state index contributed by atoms with van der Waals surface area (Å²) in [6, 6.07) is 15.8. The third-order valence-electron chi connectivity index (χ3n) is 4.00. The highest BCUT2D eigenvalue weighted by atomic mass is 35.5. The van der Waals surface area contributed by atoms with E-state index in [0.717, 1.165) is 5.56 Å². The smallest absolute Gasteiger partial charge is 0.261 e. The van der Waals surface area contributed by atoms with Crippen molar-refractivity contribution in [2.24, 2.45) is 0 Å². The number of carbonyl (C=O) groups excluding carboxylic acids is 2. The summed E-state index contributed by atoms with van der Waals surface area (Å²) in [6.07, 6.45) is 0.504. The van der Waals surface area contributed by atoms with Crippen molar-refractivity contribution in [1.29, 1.82) is 0 Å². The lowest BCUT2D eigenvalue weighted by atomic mass is 10.1. The largest absolute Gasteiger partial charge is 0.484 e. The molecule has 138 valence electrons. The van der Waals surface area contributed by atoms with E-state index < -0.39 is 6.04 Å². The zero-order valence-corrected chi connectivity index (χ0v) is 15.7. The number of hydrogen-bond acceptors (Lipinski definition) is 3. The van der Waals surface area contributed by atoms with Crippen LogP contribution in [0.15, 0.2) is 54.6 Å². The van der Waals surface area contributed by atoms with Crippen molar-refractivity contribution in [2.75, 3.05) is 13.7 Å². The Kier molecular flexibility index (Phi) is 7.48. The Balaban J connectivity index is 2.16. The summed E-state index contributed by atoms with van der Waals surface area (Å²) >= 11 is 5.93. The van der Waals surface area contributed by atoms with Gasteiger partial charge in [-0.15, -0.1) is 0 Å². The van der Waals surface area contributed by atoms with Gasteiger partial charge in [-0.3, -0.25) is 9.59 Å². The van der Waals surface area contributed by atoms with Crippen molar-refractivity contribution in [3.8, 4) is 5.75 Å². The first-order valence-corrected chi connectivity index (χ1v) is 8.86. The van der Waals surface area contributed by atoms with E-state index in [4.69, 9.17) is 16.3 Å². The first-order valence-electron chi connectivity index (χ1n) is 8.48. The normalized spacial score (nSPS) is 11.5. The van der Waals surface area contributed by atoms with Crippen LogP contribution in [0, 0.1) is 0 Å². The molecule has 2 rings (SSSR count). The molecule has 0 heterocycles. The molecule has 0 radical (unpaired) electrons. The molecule has 0 aliphatic carbocycles. The number of rotatable bonds is 8. The minimum Gasteiger partial charge on any atom is -0.484 e. The SMILES string of the molecule is CC[C@@H](C(=O)NC)N(Cc1ccc(Cl)cc1)C(=O)COc1ccccc1. The molecule has 0 fully saturated rings. The summed E-state index contributed by atoms with van der Waals surface area (Å²) in [5.74, 6) is 0.161. The highest BCUT2D eigenvalue weighted by Crippen LogP contribution is 2.16. The number of likely N-dealkylation sites (N-methyl/N-ethyl adjacent to an activating group) is 1. The van der Waals surface area contributed by atoms with Crippen molar-refractivity contribution in [2.45, 2.75) is 25.9 Å². The van der Waals surface area contributed by atoms with E-state index in [9.17, 15) is 9.59 Å². The van der Waals surface area contributed by atoms with Gasteiger partial charge in [-0.1, -0.05) is 48.9 Å². The molecule has 0 saturated heterocycles. The molecule has 2 aromatic carbocycles. The maximum absolute atomic E-state index is 12.8. The molecule has 2 aromatic rings. The summed E-state index contributed by atoms with van der Waals surface area (Å²) in [5, 5.41) is 3.25. The van der Waals surface area contributed by atoms with Crippen LogP contribution in [0.4, 0.5) is 0 Å². The minimum absolute atomic E-state index is 0.134. The number of nitrogens with zero attached hydrogens (tertiary/aromatic N) is 1. The van der Waals surface area contributed by atoms with Crippen LogP contribution in [0.2, 0.25) is 5.02 Å². The molecule has 2 amide bonds. The molecular weight excluding hydrogens is 352 g/mol. The summed E-state index contributed by atoms with van der Waals surface area (Å²) < 4.78 is 5.57. The quantitative estimate of drug-likeness (QED) is 0.771. The van der Waals surface area contributed by atoms with E-state index in [0.29, 0.717) is 23.7 Å². The van der Waals surface area contributed by atoms with Gasteiger partial charge in [0.1, 0.15) is 11.8 Å². The highest BCUT2D eigenvalue weighted by molar-refractivity contribution is 6.30. The van der Waals surface area contributed by atoms with Crippen LogP contribution in [0.25, 0.3) is 0 Å². The number of halogens is 1. The second kappa shape index (κ2) is 9.82. The van der Waals surface area contributed by atoms with Gasteiger partial charge in [0.2, 0.25) is 5.91 Å². The van der Waals surface area contributed by atoms with Crippen molar-refractivity contribution in [1.82, 2.24) is 10.2 Å². The van der Waals surface area contributed by atoms with E-state index in [2.05, 4.69) is 5.32 Å². The molecule has 5 nitrogen and oxygen atoms in total. The Morgan fingerprint density at radius 3 is 2.35 bits per heavy atom. The van der Waals surface area contributed by atoms with Crippen LogP contribution in [-0.2, 0) is 16.1 Å². The van der Waals surface area contributed by atoms with Crippen LogP contribution >= 0.6 is 11.6 Å². The number of amides is 2. The van der Waals surface area contributed by atoms with Crippen LogP contribution in [0.5, 0.6) is 5.75 Å². The Labute approximate surface area is 158 Å². The second-order valence-corrected chi connectivity index (χ2v) is 6.22. The first kappa shape index (κ1) is 19.8. The average Bonchev–Trinajstić information content (AvgIpc) is 2.68. The van der Waals surface area contributed by atoms with E-state index in [-0.39, 0.29) is 18.4 Å². The summed E-state index contributed by atoms with van der Waals surface area (Å²) in [7, 11) is 1.57. The van der Waals surface area contributed by atoms with E-state index in [1.54, 1.807) is 36.2 Å². The summed E-state index contributed by atoms with van der Waals surface area (Å²) in [5.41, 5.74) is 0.893. The standard InChI is InChI=1S/C20H23ClN2O3/c1-3-18(20(25)22-2)23(13-15-9-11-16(21)12-10-15)19(24)14-26-17-7-5-4-6-8-17/h4-12,18H,3,13-14H2,1-2H3,(H,22,25)/t18-/m0/s1. The van der Waals surface area contributed by atoms with E-state index in [1.165, 1.54) is 0 Å². The van der Waals surface area contributed by atoms with Gasteiger partial charge in [0.25, 0.3) is 5.91 Å². The third kappa shape index (κ3) is 5.49. The molecule has 1 atom stereocenters. The van der Waals surface area contributed by atoms with E-state index in [1.807, 2.05) is 37.3 Å². The van der Waals surface area contributed by atoms with Crippen molar-refractivity contribution >= 4 is 23.4 Å². The lowest BCUT2D eigenvalue weighted by Gasteiger charge is -2.30. The summed E-state index contributed by atoms with van der Waals surface area (Å²) in [6.45, 7) is 2.05. The number of nitrogens with one attached hydrogen (secondary N) is 1. The molecule has 0 aliphatic heterocycles. The lowest BCUT2D eigenvalue weighted by Crippen LogP contribution is -2.49. The lowest BCUT2D eigenvalue weighted by molar-refractivity contribution is -0.142. The zero-order chi connectivity index (χ0) is 18.9. The fourth-order valence-electron chi connectivity index (χ4n) is 2.62. The fraction of sp³-hybridized carbons (Fsp3) is 0.300. The topological polar surface area (TPSA) is 58.6 Å². The highest BCUT2D eigenvalue weighted by Gasteiger charge is 2.28. The Morgan fingerprint density at radius 1 is 1.12 bits per heavy atom. The van der Waals surface area contributed by atoms with Crippen LogP contribution < -0.4 is 10.1 Å². The average molecular weight is 375 g/mol. The monoisotopic (exact) mass is 374 g/mol. The summed E-state index contributed by atoms with van der Waals surface area (Å²) in [4.78, 5) is 26.6. The molecule has 1 N–H and O–H groups in total. The molecule has 0 bridgehead atoms. The molecule has 0 unspecified atom stereocenters. The molecular formula is C20H23ClN2O3. The number of ether oxygens (including phenoxy) is 1. The first-order chi connectivity index (χ1) is 12.5.